The SMILES string of the molecule is COc1ccc(S(=O)(=O)O)cn1.COc1ccc(S(=O)(=O)O)cn1.Cl.Cl. The maximum absolute atomic E-state index is 10.5. The van der Waals surface area contributed by atoms with Crippen molar-refractivity contribution in [1.82, 2.24) is 9.97 Å². The van der Waals surface area contributed by atoms with Gasteiger partial charge in [-0.1, -0.05) is 0 Å². The van der Waals surface area contributed by atoms with Crippen LogP contribution in [0.5, 0.6) is 11.8 Å². The van der Waals surface area contributed by atoms with Crippen molar-refractivity contribution in [1.29, 1.82) is 0 Å². The van der Waals surface area contributed by atoms with Gasteiger partial charge in [-0.25, -0.2) is 9.97 Å². The van der Waals surface area contributed by atoms with Gasteiger partial charge in [0.1, 0.15) is 9.79 Å². The number of pyridine rings is 2. The minimum Gasteiger partial charge on any atom is -0.481 e. The molecule has 0 aliphatic heterocycles. The van der Waals surface area contributed by atoms with Crippen LogP contribution in [0.1, 0.15) is 0 Å². The Morgan fingerprint density at radius 1 is 0.731 bits per heavy atom. The van der Waals surface area contributed by atoms with Crippen molar-refractivity contribution in [3.8, 4) is 11.8 Å². The van der Waals surface area contributed by atoms with Crippen LogP contribution in [0, 0.1) is 0 Å². The van der Waals surface area contributed by atoms with E-state index < -0.39 is 20.2 Å². The van der Waals surface area contributed by atoms with E-state index in [0.29, 0.717) is 11.8 Å². The van der Waals surface area contributed by atoms with Gasteiger partial charge in [0, 0.05) is 12.1 Å². The zero-order valence-corrected chi connectivity index (χ0v) is 16.6. The maximum Gasteiger partial charge on any atom is 0.296 e. The molecule has 0 atom stereocenters. The summed E-state index contributed by atoms with van der Waals surface area (Å²) < 4.78 is 68.5. The topological polar surface area (TPSA) is 153 Å². The standard InChI is InChI=1S/2C6H7NO4S.2ClH/c2*1-11-6-3-2-5(4-7-6)12(8,9)10;;/h2*2-4H,1H3,(H,8,9,10);2*1H. The summed E-state index contributed by atoms with van der Waals surface area (Å²) in [4.78, 5) is 6.71. The monoisotopic (exact) mass is 450 g/mol. The third-order valence-electron chi connectivity index (χ3n) is 2.43. The van der Waals surface area contributed by atoms with Gasteiger partial charge in [-0.2, -0.15) is 16.8 Å². The quantitative estimate of drug-likeness (QED) is 0.654. The first-order valence-electron chi connectivity index (χ1n) is 6.03. The molecule has 2 aromatic heterocycles. The Morgan fingerprint density at radius 3 is 1.19 bits per heavy atom. The number of halogens is 2. The first-order chi connectivity index (χ1) is 11.1. The van der Waals surface area contributed by atoms with Crippen LogP contribution in [-0.4, -0.2) is 50.1 Å². The smallest absolute Gasteiger partial charge is 0.296 e. The van der Waals surface area contributed by atoms with Gasteiger partial charge in [0.25, 0.3) is 20.2 Å². The van der Waals surface area contributed by atoms with Gasteiger partial charge in [0.2, 0.25) is 11.8 Å². The molecule has 0 saturated heterocycles. The molecule has 2 aromatic rings. The maximum atomic E-state index is 10.5. The van der Waals surface area contributed by atoms with Crippen LogP contribution in [0.2, 0.25) is 0 Å². The fourth-order valence-electron chi connectivity index (χ4n) is 1.28. The number of hydrogen-bond acceptors (Lipinski definition) is 8. The first-order valence-corrected chi connectivity index (χ1v) is 8.91. The highest BCUT2D eigenvalue weighted by atomic mass is 35.5. The van der Waals surface area contributed by atoms with Crippen molar-refractivity contribution < 1.29 is 35.4 Å². The van der Waals surface area contributed by atoms with E-state index in [0.717, 1.165) is 12.4 Å². The van der Waals surface area contributed by atoms with Gasteiger partial charge < -0.3 is 9.47 Å². The highest BCUT2D eigenvalue weighted by Crippen LogP contribution is 2.11. The van der Waals surface area contributed by atoms with Crippen LogP contribution in [0.4, 0.5) is 0 Å². The average molecular weight is 451 g/mol. The fraction of sp³-hybridized carbons (Fsp3) is 0.167. The number of ether oxygens (including phenoxy) is 2. The Hall–Kier alpha value is -1.70. The van der Waals surface area contributed by atoms with E-state index in [1.807, 2.05) is 0 Å². The molecule has 14 heteroatoms. The molecule has 0 aliphatic carbocycles. The summed E-state index contributed by atoms with van der Waals surface area (Å²) >= 11 is 0. The largest absolute Gasteiger partial charge is 0.481 e. The Kier molecular flexibility index (Phi) is 11.3. The Labute approximate surface area is 162 Å². The normalized spacial score (nSPS) is 10.3. The molecule has 2 heterocycles. The van der Waals surface area contributed by atoms with Crippen molar-refractivity contribution in [2.45, 2.75) is 9.79 Å². The Balaban J connectivity index is 0. The second-order valence-corrected chi connectivity index (χ2v) is 6.87. The molecule has 0 saturated carbocycles. The van der Waals surface area contributed by atoms with Gasteiger partial charge in [0.05, 0.1) is 26.6 Å². The second-order valence-electron chi connectivity index (χ2n) is 4.02. The number of nitrogens with zero attached hydrogens (tertiary/aromatic N) is 2. The third kappa shape index (κ3) is 8.60. The molecule has 0 spiro atoms. The van der Waals surface area contributed by atoms with Crippen LogP contribution in [0.25, 0.3) is 0 Å². The predicted molar refractivity (Wildman–Crippen MR) is 95.7 cm³/mol. The van der Waals surface area contributed by atoms with E-state index in [-0.39, 0.29) is 34.6 Å². The van der Waals surface area contributed by atoms with Crippen LogP contribution in [0.3, 0.4) is 0 Å². The molecule has 0 unspecified atom stereocenters. The summed E-state index contributed by atoms with van der Waals surface area (Å²) in [5.41, 5.74) is 0. The molecule has 148 valence electrons. The van der Waals surface area contributed by atoms with Gasteiger partial charge in [-0.15, -0.1) is 24.8 Å². The van der Waals surface area contributed by atoms with Crippen molar-refractivity contribution in [2.75, 3.05) is 14.2 Å². The molecule has 0 aromatic carbocycles. The highest BCUT2D eigenvalue weighted by Gasteiger charge is 2.09. The zero-order chi connectivity index (χ0) is 18.4. The van der Waals surface area contributed by atoms with Gasteiger partial charge >= 0.3 is 0 Å². The van der Waals surface area contributed by atoms with E-state index in [1.54, 1.807) is 0 Å². The number of rotatable bonds is 4. The molecule has 0 radical (unpaired) electrons. The lowest BCUT2D eigenvalue weighted by molar-refractivity contribution is 0.396. The minimum absolute atomic E-state index is 0. The molecule has 2 rings (SSSR count). The van der Waals surface area contributed by atoms with E-state index in [1.165, 1.54) is 38.5 Å². The third-order valence-corrected chi connectivity index (χ3v) is 4.11. The van der Waals surface area contributed by atoms with Crippen molar-refractivity contribution in [3.63, 3.8) is 0 Å². The summed E-state index contributed by atoms with van der Waals surface area (Å²) in [7, 11) is -5.47. The summed E-state index contributed by atoms with van der Waals surface area (Å²) in [6, 6.07) is 5.12. The molecular formula is C12H16Cl2N2O8S2. The first kappa shape index (κ1) is 26.5. The molecule has 0 bridgehead atoms. The number of aromatic nitrogens is 2. The summed E-state index contributed by atoms with van der Waals surface area (Å²) in [6.07, 6.45) is 2.04. The minimum atomic E-state index is -4.15. The lowest BCUT2D eigenvalue weighted by Gasteiger charge is -1.98. The van der Waals surface area contributed by atoms with E-state index >= 15 is 0 Å². The molecule has 0 amide bonds. The van der Waals surface area contributed by atoms with Crippen LogP contribution < -0.4 is 9.47 Å². The van der Waals surface area contributed by atoms with Crippen LogP contribution >= 0.6 is 24.8 Å². The summed E-state index contributed by atoms with van der Waals surface area (Å²) in [6.45, 7) is 0. The van der Waals surface area contributed by atoms with Gasteiger partial charge in [-0.3, -0.25) is 9.11 Å². The highest BCUT2D eigenvalue weighted by molar-refractivity contribution is 7.86. The molecular weight excluding hydrogens is 435 g/mol. The van der Waals surface area contributed by atoms with Crippen molar-refractivity contribution in [2.24, 2.45) is 0 Å². The molecule has 0 fully saturated rings. The zero-order valence-electron chi connectivity index (χ0n) is 13.3. The molecule has 2 N–H and O–H groups in total. The van der Waals surface area contributed by atoms with Crippen molar-refractivity contribution >= 4 is 45.1 Å². The Bertz CT molecular complexity index is 797. The van der Waals surface area contributed by atoms with E-state index in [4.69, 9.17) is 18.6 Å². The summed E-state index contributed by atoms with van der Waals surface area (Å²) in [5, 5.41) is 0. The van der Waals surface area contributed by atoms with Gasteiger partial charge in [0.15, 0.2) is 0 Å². The Morgan fingerprint density at radius 2 is 1.04 bits per heavy atom. The van der Waals surface area contributed by atoms with E-state index in [9.17, 15) is 16.8 Å². The number of methoxy groups -OCH3 is 2. The summed E-state index contributed by atoms with van der Waals surface area (Å²) in [5.74, 6) is 0.588. The molecule has 26 heavy (non-hydrogen) atoms. The van der Waals surface area contributed by atoms with Crippen LogP contribution in [0.15, 0.2) is 46.5 Å². The molecule has 0 aliphatic rings. The van der Waals surface area contributed by atoms with Crippen LogP contribution in [-0.2, 0) is 20.2 Å². The lowest BCUT2D eigenvalue weighted by atomic mass is 10.5. The predicted octanol–water partition coefficient (Wildman–Crippen LogP) is 1.52. The average Bonchev–Trinajstić information content (AvgIpc) is 2.54. The number of hydrogen-bond donors (Lipinski definition) is 2. The fourth-order valence-corrected chi connectivity index (χ4v) is 2.13. The second kappa shape index (κ2) is 11.1. The molecule has 10 nitrogen and oxygen atoms in total. The van der Waals surface area contributed by atoms with Crippen molar-refractivity contribution in [3.05, 3.63) is 36.7 Å². The lowest BCUT2D eigenvalue weighted by Crippen LogP contribution is -1.98. The van der Waals surface area contributed by atoms with Gasteiger partial charge in [-0.05, 0) is 12.1 Å². The van der Waals surface area contributed by atoms with E-state index in [2.05, 4.69) is 9.97 Å².